The number of pyridine rings is 1. The van der Waals surface area contributed by atoms with Crippen LogP contribution < -0.4 is 5.73 Å². The lowest BCUT2D eigenvalue weighted by molar-refractivity contribution is 0.0445. The third kappa shape index (κ3) is 2.26. The van der Waals surface area contributed by atoms with E-state index < -0.39 is 6.09 Å². The van der Waals surface area contributed by atoms with Crippen molar-refractivity contribution in [3.8, 4) is 0 Å². The van der Waals surface area contributed by atoms with Gasteiger partial charge in [0, 0.05) is 17.8 Å². The number of nitrogens with zero attached hydrogens (tertiary/aromatic N) is 1. The fourth-order valence-corrected chi connectivity index (χ4v) is 1.85. The molecule has 1 amide bonds. The second-order valence-electron chi connectivity index (χ2n) is 3.99. The summed E-state index contributed by atoms with van der Waals surface area (Å²) in [4.78, 5) is 14.8. The second kappa shape index (κ2) is 3.88. The Morgan fingerprint density at radius 3 is 2.93 bits per heavy atom. The van der Waals surface area contributed by atoms with Crippen LogP contribution in [0.25, 0.3) is 0 Å². The monoisotopic (exact) mass is 206 g/mol. The van der Waals surface area contributed by atoms with E-state index in [1.165, 1.54) is 5.56 Å². The molecule has 0 aliphatic heterocycles. The van der Waals surface area contributed by atoms with Gasteiger partial charge in [0.2, 0.25) is 0 Å². The van der Waals surface area contributed by atoms with Crippen LogP contribution in [-0.2, 0) is 4.74 Å². The number of ether oxygens (including phenoxy) is 1. The molecule has 4 heteroatoms. The lowest BCUT2D eigenvalue weighted by Gasteiger charge is -2.33. The molecule has 1 aromatic heterocycles. The quantitative estimate of drug-likeness (QED) is 0.801. The molecule has 0 atom stereocenters. The zero-order valence-corrected chi connectivity index (χ0v) is 8.64. The molecular weight excluding hydrogens is 192 g/mol. The predicted molar refractivity (Wildman–Crippen MR) is 55.4 cm³/mol. The number of primary amides is 1. The van der Waals surface area contributed by atoms with Crippen molar-refractivity contribution in [1.29, 1.82) is 0 Å². The SMILES string of the molecule is Cc1ccnc([C@H]2C[C@@H](OC(N)=O)C2)c1. The first-order valence-electron chi connectivity index (χ1n) is 5.04. The number of aromatic nitrogens is 1. The summed E-state index contributed by atoms with van der Waals surface area (Å²) in [5, 5.41) is 0. The smallest absolute Gasteiger partial charge is 0.404 e. The van der Waals surface area contributed by atoms with Crippen molar-refractivity contribution in [2.45, 2.75) is 31.8 Å². The molecular formula is C11H14N2O2. The van der Waals surface area contributed by atoms with E-state index in [1.54, 1.807) is 0 Å². The minimum Gasteiger partial charge on any atom is -0.446 e. The van der Waals surface area contributed by atoms with Gasteiger partial charge in [-0.15, -0.1) is 0 Å². The lowest BCUT2D eigenvalue weighted by atomic mass is 9.79. The van der Waals surface area contributed by atoms with Gasteiger partial charge in [0.25, 0.3) is 0 Å². The Morgan fingerprint density at radius 1 is 1.60 bits per heavy atom. The molecule has 0 aromatic carbocycles. The number of nitrogens with two attached hydrogens (primary N) is 1. The van der Waals surface area contributed by atoms with Gasteiger partial charge in [-0.3, -0.25) is 4.98 Å². The van der Waals surface area contributed by atoms with Crippen LogP contribution in [0.3, 0.4) is 0 Å². The maximum atomic E-state index is 10.5. The Bertz CT molecular complexity index is 373. The van der Waals surface area contributed by atoms with E-state index in [1.807, 2.05) is 19.2 Å². The summed E-state index contributed by atoms with van der Waals surface area (Å²) >= 11 is 0. The molecule has 1 saturated carbocycles. The molecule has 1 aliphatic rings. The van der Waals surface area contributed by atoms with Crippen molar-refractivity contribution in [3.63, 3.8) is 0 Å². The van der Waals surface area contributed by atoms with E-state index in [-0.39, 0.29) is 6.10 Å². The van der Waals surface area contributed by atoms with Crippen LogP contribution in [0.2, 0.25) is 0 Å². The van der Waals surface area contributed by atoms with E-state index in [2.05, 4.69) is 11.1 Å². The molecule has 1 aromatic rings. The van der Waals surface area contributed by atoms with E-state index in [9.17, 15) is 4.79 Å². The van der Waals surface area contributed by atoms with Crippen molar-refractivity contribution >= 4 is 6.09 Å². The molecule has 15 heavy (non-hydrogen) atoms. The second-order valence-corrected chi connectivity index (χ2v) is 3.99. The van der Waals surface area contributed by atoms with Crippen LogP contribution in [0.15, 0.2) is 18.3 Å². The van der Waals surface area contributed by atoms with Crippen molar-refractivity contribution in [3.05, 3.63) is 29.6 Å². The van der Waals surface area contributed by atoms with E-state index in [0.29, 0.717) is 5.92 Å². The van der Waals surface area contributed by atoms with Crippen LogP contribution in [0.1, 0.15) is 30.0 Å². The number of amides is 1. The molecule has 1 aliphatic carbocycles. The van der Waals surface area contributed by atoms with Crippen LogP contribution >= 0.6 is 0 Å². The fourth-order valence-electron chi connectivity index (χ4n) is 1.85. The van der Waals surface area contributed by atoms with Gasteiger partial charge >= 0.3 is 6.09 Å². The summed E-state index contributed by atoms with van der Waals surface area (Å²) in [5.74, 6) is 0.411. The number of rotatable bonds is 2. The first kappa shape index (κ1) is 9.96. The van der Waals surface area contributed by atoms with Gasteiger partial charge in [-0.25, -0.2) is 4.79 Å². The van der Waals surface area contributed by atoms with Gasteiger partial charge in [0.15, 0.2) is 0 Å². The summed E-state index contributed by atoms with van der Waals surface area (Å²) in [5.41, 5.74) is 7.22. The Kier molecular flexibility index (Phi) is 2.58. The molecule has 2 rings (SSSR count). The number of aryl methyl sites for hydroxylation is 1. The molecule has 4 nitrogen and oxygen atoms in total. The van der Waals surface area contributed by atoms with Gasteiger partial charge in [-0.2, -0.15) is 0 Å². The summed E-state index contributed by atoms with van der Waals surface area (Å²) < 4.78 is 4.88. The molecule has 1 heterocycles. The molecule has 0 unspecified atom stereocenters. The first-order chi connectivity index (χ1) is 7.15. The normalized spacial score (nSPS) is 24.3. The fraction of sp³-hybridized carbons (Fsp3) is 0.455. The van der Waals surface area contributed by atoms with Gasteiger partial charge in [0.05, 0.1) is 0 Å². The van der Waals surface area contributed by atoms with Crippen molar-refractivity contribution in [2.75, 3.05) is 0 Å². The molecule has 2 N–H and O–H groups in total. The number of carbonyl (C=O) groups excluding carboxylic acids is 1. The highest BCUT2D eigenvalue weighted by Gasteiger charge is 2.33. The third-order valence-corrected chi connectivity index (χ3v) is 2.73. The van der Waals surface area contributed by atoms with E-state index >= 15 is 0 Å². The summed E-state index contributed by atoms with van der Waals surface area (Å²) in [6.07, 6.45) is 2.77. The summed E-state index contributed by atoms with van der Waals surface area (Å²) in [6, 6.07) is 4.05. The topological polar surface area (TPSA) is 65.2 Å². The van der Waals surface area contributed by atoms with Gasteiger partial charge in [0.1, 0.15) is 6.10 Å². The zero-order valence-electron chi connectivity index (χ0n) is 8.64. The maximum Gasteiger partial charge on any atom is 0.404 e. The highest BCUT2D eigenvalue weighted by atomic mass is 16.6. The number of carbonyl (C=O) groups is 1. The molecule has 0 bridgehead atoms. The van der Waals surface area contributed by atoms with Crippen LogP contribution in [0, 0.1) is 6.92 Å². The van der Waals surface area contributed by atoms with Crippen molar-refractivity contribution in [2.24, 2.45) is 5.73 Å². The van der Waals surface area contributed by atoms with Crippen LogP contribution in [0.5, 0.6) is 0 Å². The van der Waals surface area contributed by atoms with Crippen molar-refractivity contribution in [1.82, 2.24) is 4.98 Å². The highest BCUT2D eigenvalue weighted by Crippen LogP contribution is 2.37. The van der Waals surface area contributed by atoms with Gasteiger partial charge in [-0.05, 0) is 37.5 Å². The number of hydrogen-bond donors (Lipinski definition) is 1. The van der Waals surface area contributed by atoms with E-state index in [4.69, 9.17) is 10.5 Å². The van der Waals surface area contributed by atoms with Crippen LogP contribution in [0.4, 0.5) is 4.79 Å². The lowest BCUT2D eigenvalue weighted by Crippen LogP contribution is -2.34. The Balaban J connectivity index is 1.92. The molecule has 0 spiro atoms. The average molecular weight is 206 g/mol. The van der Waals surface area contributed by atoms with E-state index in [0.717, 1.165) is 18.5 Å². The standard InChI is InChI=1S/C11H14N2O2/c1-7-2-3-13-10(4-7)8-5-9(6-8)15-11(12)14/h2-4,8-9H,5-6H2,1H3,(H2,12,14)/t8-,9+. The largest absolute Gasteiger partial charge is 0.446 e. The third-order valence-electron chi connectivity index (χ3n) is 2.73. The highest BCUT2D eigenvalue weighted by molar-refractivity contribution is 5.64. The Hall–Kier alpha value is -1.58. The van der Waals surface area contributed by atoms with Gasteiger partial charge in [-0.1, -0.05) is 0 Å². The Labute approximate surface area is 88.4 Å². The minimum atomic E-state index is -0.685. The minimum absolute atomic E-state index is 0.0187. The average Bonchev–Trinajstić information content (AvgIpc) is 2.10. The first-order valence-corrected chi connectivity index (χ1v) is 5.04. The molecule has 80 valence electrons. The zero-order chi connectivity index (χ0) is 10.8. The predicted octanol–water partition coefficient (Wildman–Crippen LogP) is 1.73. The molecule has 0 radical (unpaired) electrons. The molecule has 1 fully saturated rings. The summed E-state index contributed by atoms with van der Waals surface area (Å²) in [7, 11) is 0. The summed E-state index contributed by atoms with van der Waals surface area (Å²) in [6.45, 7) is 2.04. The molecule has 0 saturated heterocycles. The maximum absolute atomic E-state index is 10.5. The van der Waals surface area contributed by atoms with Crippen molar-refractivity contribution < 1.29 is 9.53 Å². The van der Waals surface area contributed by atoms with Gasteiger partial charge < -0.3 is 10.5 Å². The Morgan fingerprint density at radius 2 is 2.33 bits per heavy atom. The van der Waals surface area contributed by atoms with Crippen LogP contribution in [-0.4, -0.2) is 17.2 Å². The number of hydrogen-bond acceptors (Lipinski definition) is 3.